The van der Waals surface area contributed by atoms with E-state index in [1.165, 1.54) is 11.9 Å². The van der Waals surface area contributed by atoms with Crippen molar-refractivity contribution in [3.8, 4) is 0 Å². The Morgan fingerprint density at radius 2 is 1.81 bits per heavy atom. The highest BCUT2D eigenvalue weighted by atomic mass is 28.4. The first-order valence-electron chi connectivity index (χ1n) is 15.1. The van der Waals surface area contributed by atoms with E-state index in [0.29, 0.717) is 35.9 Å². The standard InChI is InChI=1S/C32H41N5O5Si/c1-32(2,3)43(5,6)42-24-15-26(37(17-24)31(40)41-20-21-10-8-7-9-11-21)25-18-35-16-23(22-12-13-22)14-27(29(35)33-25)36-19-28(38)34(4)30(36)39/h7-11,14,16,18,22,24,26H,12-13,15,17,19-20H2,1-6H3/t24-,26+/m0/s1. The fraction of sp³-hybridized carbons (Fsp3) is 0.500. The first kappa shape index (κ1) is 29.4. The summed E-state index contributed by atoms with van der Waals surface area (Å²) < 4.78 is 14.5. The van der Waals surface area contributed by atoms with Crippen molar-refractivity contribution in [2.24, 2.45) is 0 Å². The molecule has 4 heterocycles. The van der Waals surface area contributed by atoms with Gasteiger partial charge in [0.1, 0.15) is 13.2 Å². The van der Waals surface area contributed by atoms with Crippen molar-refractivity contribution in [1.29, 1.82) is 0 Å². The van der Waals surface area contributed by atoms with Crippen LogP contribution >= 0.6 is 0 Å². The Morgan fingerprint density at radius 1 is 1.09 bits per heavy atom. The van der Waals surface area contributed by atoms with Crippen molar-refractivity contribution < 1.29 is 23.5 Å². The van der Waals surface area contributed by atoms with Gasteiger partial charge in [0.25, 0.3) is 0 Å². The number of nitrogens with zero attached hydrogens (tertiary/aromatic N) is 5. The molecule has 0 N–H and O–H groups in total. The summed E-state index contributed by atoms with van der Waals surface area (Å²) in [5, 5.41) is 0.0216. The third-order valence-corrected chi connectivity index (χ3v) is 13.9. The van der Waals surface area contributed by atoms with Gasteiger partial charge in [-0.15, -0.1) is 0 Å². The number of likely N-dealkylation sites (N-methyl/N-ethyl adjacent to an activating group) is 1. The number of carbonyl (C=O) groups is 3. The third kappa shape index (κ3) is 5.67. The second kappa shape index (κ2) is 10.8. The maximum Gasteiger partial charge on any atom is 0.410 e. The quantitative estimate of drug-likeness (QED) is 0.240. The zero-order valence-corrected chi connectivity index (χ0v) is 26.9. The van der Waals surface area contributed by atoms with Crippen LogP contribution in [-0.2, 0) is 20.6 Å². The summed E-state index contributed by atoms with van der Waals surface area (Å²) in [5.74, 6) is 0.180. The molecule has 0 unspecified atom stereocenters. The topological polar surface area (TPSA) is 96.7 Å². The minimum atomic E-state index is -2.11. The summed E-state index contributed by atoms with van der Waals surface area (Å²) in [6.07, 6.45) is 6.22. The predicted molar refractivity (Wildman–Crippen MR) is 165 cm³/mol. The second-order valence-corrected chi connectivity index (χ2v) is 18.4. The van der Waals surface area contributed by atoms with E-state index in [2.05, 4.69) is 40.1 Å². The number of rotatable bonds is 7. The molecule has 6 rings (SSSR count). The number of likely N-dealkylation sites (tertiary alicyclic amines) is 1. The molecule has 0 spiro atoms. The van der Waals surface area contributed by atoms with E-state index in [9.17, 15) is 14.4 Å². The van der Waals surface area contributed by atoms with Gasteiger partial charge in [0, 0.05) is 32.4 Å². The van der Waals surface area contributed by atoms with Gasteiger partial charge in [-0.2, -0.15) is 0 Å². The number of benzene rings is 1. The summed E-state index contributed by atoms with van der Waals surface area (Å²) in [5.41, 5.74) is 3.94. The van der Waals surface area contributed by atoms with Crippen molar-refractivity contribution in [3.63, 3.8) is 0 Å². The number of imidazole rings is 1. The molecule has 4 amide bonds. The summed E-state index contributed by atoms with van der Waals surface area (Å²) >= 11 is 0. The van der Waals surface area contributed by atoms with Crippen LogP contribution in [0.25, 0.3) is 5.65 Å². The molecule has 11 heteroatoms. The molecular formula is C32H41N5O5Si. The molecule has 0 radical (unpaired) electrons. The van der Waals surface area contributed by atoms with Crippen LogP contribution in [-0.4, -0.2) is 71.8 Å². The molecule has 2 aliphatic heterocycles. The molecule has 2 aromatic heterocycles. The van der Waals surface area contributed by atoms with Crippen molar-refractivity contribution in [1.82, 2.24) is 19.2 Å². The summed E-state index contributed by atoms with van der Waals surface area (Å²) in [4.78, 5) is 48.4. The van der Waals surface area contributed by atoms with E-state index in [-0.39, 0.29) is 42.3 Å². The lowest BCUT2D eigenvalue weighted by molar-refractivity contribution is -0.123. The number of pyridine rings is 1. The van der Waals surface area contributed by atoms with Crippen molar-refractivity contribution in [2.75, 3.05) is 25.0 Å². The van der Waals surface area contributed by atoms with Gasteiger partial charge in [-0.05, 0) is 54.1 Å². The Balaban J connectivity index is 1.35. The van der Waals surface area contributed by atoms with Crippen LogP contribution in [0, 0.1) is 0 Å². The smallest absolute Gasteiger partial charge is 0.410 e. The van der Waals surface area contributed by atoms with Gasteiger partial charge >= 0.3 is 12.1 Å². The Hall–Kier alpha value is -3.70. The van der Waals surface area contributed by atoms with Crippen LogP contribution in [0.4, 0.5) is 15.3 Å². The number of imide groups is 1. The molecule has 228 valence electrons. The zero-order valence-electron chi connectivity index (χ0n) is 25.9. The normalized spacial score (nSPS) is 21.4. The van der Waals surface area contributed by atoms with Crippen molar-refractivity contribution in [2.45, 2.75) is 82.8 Å². The van der Waals surface area contributed by atoms with Crippen molar-refractivity contribution in [3.05, 3.63) is 65.6 Å². The maximum absolute atomic E-state index is 13.6. The fourth-order valence-corrected chi connectivity index (χ4v) is 7.02. The number of hydrogen-bond acceptors (Lipinski definition) is 6. The summed E-state index contributed by atoms with van der Waals surface area (Å²) in [7, 11) is -0.610. The molecule has 3 aromatic rings. The highest BCUT2D eigenvalue weighted by Crippen LogP contribution is 2.44. The minimum absolute atomic E-state index is 0.0216. The second-order valence-electron chi connectivity index (χ2n) is 13.6. The first-order valence-corrected chi connectivity index (χ1v) is 18.0. The molecule has 2 atom stereocenters. The van der Waals surface area contributed by atoms with Gasteiger partial charge < -0.3 is 13.6 Å². The van der Waals surface area contributed by atoms with Gasteiger partial charge in [0.05, 0.1) is 23.5 Å². The third-order valence-electron chi connectivity index (χ3n) is 9.41. The van der Waals surface area contributed by atoms with E-state index in [0.717, 1.165) is 28.9 Å². The summed E-state index contributed by atoms with van der Waals surface area (Å²) in [6, 6.07) is 10.9. The monoisotopic (exact) mass is 603 g/mol. The average molecular weight is 604 g/mol. The molecule has 2 saturated heterocycles. The van der Waals surface area contributed by atoms with E-state index in [1.54, 1.807) is 4.90 Å². The van der Waals surface area contributed by atoms with Crippen LogP contribution in [0.2, 0.25) is 18.1 Å². The van der Waals surface area contributed by atoms with Crippen LogP contribution < -0.4 is 4.90 Å². The minimum Gasteiger partial charge on any atom is -0.445 e. The molecule has 3 aliphatic rings. The maximum atomic E-state index is 13.6. The van der Waals surface area contributed by atoms with Crippen LogP contribution in [0.1, 0.15) is 68.8 Å². The summed E-state index contributed by atoms with van der Waals surface area (Å²) in [6.45, 7) is 11.6. The number of hydrogen-bond donors (Lipinski definition) is 0. The van der Waals surface area contributed by atoms with Gasteiger partial charge in [-0.25, -0.2) is 14.6 Å². The molecule has 0 bridgehead atoms. The lowest BCUT2D eigenvalue weighted by atomic mass is 10.1. The molecule has 3 fully saturated rings. The Kier molecular flexibility index (Phi) is 7.36. The number of anilines is 1. The van der Waals surface area contributed by atoms with Gasteiger partial charge in [0.15, 0.2) is 14.0 Å². The van der Waals surface area contributed by atoms with E-state index in [4.69, 9.17) is 14.1 Å². The Bertz CT molecular complexity index is 1560. The Labute approximate surface area is 253 Å². The zero-order chi connectivity index (χ0) is 30.7. The first-order chi connectivity index (χ1) is 20.3. The number of carbonyl (C=O) groups excluding carboxylic acids is 3. The van der Waals surface area contributed by atoms with Crippen LogP contribution in [0.15, 0.2) is 48.8 Å². The Morgan fingerprint density at radius 3 is 2.44 bits per heavy atom. The van der Waals surface area contributed by atoms with E-state index < -0.39 is 14.4 Å². The number of fused-ring (bicyclic) bond motifs is 1. The SMILES string of the molecule is CN1C(=O)CN(c2cc(C3CC3)cn3cc([C@H]4C[C@H](O[Si](C)(C)C(C)(C)C)CN4C(=O)OCc4ccccc4)nc23)C1=O. The van der Waals surface area contributed by atoms with Crippen LogP contribution in [0.5, 0.6) is 0 Å². The molecule has 1 aromatic carbocycles. The lowest BCUT2D eigenvalue weighted by Gasteiger charge is -2.38. The van der Waals surface area contributed by atoms with E-state index >= 15 is 0 Å². The molecule has 10 nitrogen and oxygen atoms in total. The largest absolute Gasteiger partial charge is 0.445 e. The number of urea groups is 1. The molecular weight excluding hydrogens is 562 g/mol. The number of aromatic nitrogens is 2. The van der Waals surface area contributed by atoms with Crippen molar-refractivity contribution >= 4 is 37.7 Å². The highest BCUT2D eigenvalue weighted by Gasteiger charge is 2.45. The van der Waals surface area contributed by atoms with Gasteiger partial charge in [-0.1, -0.05) is 51.1 Å². The average Bonchev–Trinajstić information content (AvgIpc) is 3.51. The molecule has 1 aliphatic carbocycles. The van der Waals surface area contributed by atoms with Gasteiger partial charge in [-0.3, -0.25) is 19.5 Å². The van der Waals surface area contributed by atoms with Crippen LogP contribution in [0.3, 0.4) is 0 Å². The molecule has 1 saturated carbocycles. The molecule has 43 heavy (non-hydrogen) atoms. The fourth-order valence-electron chi connectivity index (χ4n) is 5.67. The highest BCUT2D eigenvalue weighted by molar-refractivity contribution is 6.74. The lowest BCUT2D eigenvalue weighted by Crippen LogP contribution is -2.44. The van der Waals surface area contributed by atoms with Gasteiger partial charge in [0.2, 0.25) is 5.91 Å². The predicted octanol–water partition coefficient (Wildman–Crippen LogP) is 6.08. The van der Waals surface area contributed by atoms with E-state index in [1.807, 2.05) is 47.0 Å². The number of amides is 4. The number of ether oxygens (including phenoxy) is 1.